The molecular weight excluding hydrogens is 380 g/mol. The van der Waals surface area contributed by atoms with Crippen molar-refractivity contribution in [3.63, 3.8) is 0 Å². The summed E-state index contributed by atoms with van der Waals surface area (Å²) in [5.74, 6) is 1.94. The van der Waals surface area contributed by atoms with Crippen molar-refractivity contribution in [3.05, 3.63) is 35.2 Å². The molecule has 8 nitrogen and oxygen atoms in total. The third-order valence-electron chi connectivity index (χ3n) is 4.71. The molecule has 9 heteroatoms. The summed E-state index contributed by atoms with van der Waals surface area (Å²) in [6.45, 7) is 2.31. The highest BCUT2D eigenvalue weighted by Crippen LogP contribution is 2.20. The largest absolute Gasteiger partial charge is 0.370 e. The number of carbonyl (C=O) groups is 1. The van der Waals surface area contributed by atoms with Gasteiger partial charge in [-0.25, -0.2) is 0 Å². The van der Waals surface area contributed by atoms with Crippen LogP contribution in [0.4, 0.5) is 0 Å². The summed E-state index contributed by atoms with van der Waals surface area (Å²) in [5, 5.41) is 8.02. The van der Waals surface area contributed by atoms with Crippen molar-refractivity contribution in [2.24, 2.45) is 16.6 Å². The Balaban J connectivity index is 1.51. The topological polar surface area (TPSA) is 110 Å². The molecule has 1 aliphatic rings. The van der Waals surface area contributed by atoms with Crippen LogP contribution in [0.1, 0.15) is 25.2 Å². The molecule has 3 N–H and O–H groups in total. The molecule has 1 aliphatic heterocycles. The van der Waals surface area contributed by atoms with Gasteiger partial charge in [-0.15, -0.1) is 0 Å². The van der Waals surface area contributed by atoms with Gasteiger partial charge in [-0.2, -0.15) is 4.98 Å². The van der Waals surface area contributed by atoms with Crippen molar-refractivity contribution < 1.29 is 9.32 Å². The van der Waals surface area contributed by atoms with E-state index in [9.17, 15) is 4.79 Å². The van der Waals surface area contributed by atoms with Crippen LogP contribution < -0.4 is 11.1 Å². The van der Waals surface area contributed by atoms with Crippen LogP contribution in [0.25, 0.3) is 11.4 Å². The maximum atomic E-state index is 11.2. The lowest BCUT2D eigenvalue weighted by Crippen LogP contribution is -2.47. The number of primary amides is 1. The molecule has 1 atom stereocenters. The van der Waals surface area contributed by atoms with Gasteiger partial charge in [0.25, 0.3) is 0 Å². The number of amides is 1. The number of benzene rings is 1. The van der Waals surface area contributed by atoms with Gasteiger partial charge in [-0.3, -0.25) is 9.79 Å². The van der Waals surface area contributed by atoms with Crippen LogP contribution in [0.2, 0.25) is 5.02 Å². The molecule has 1 aromatic carbocycles. The average Bonchev–Trinajstić information content (AvgIpc) is 3.14. The molecule has 3 rings (SSSR count). The summed E-state index contributed by atoms with van der Waals surface area (Å²) < 4.78 is 5.33. The molecule has 1 fully saturated rings. The number of aliphatic imine (C=N–C) groups is 1. The van der Waals surface area contributed by atoms with Crippen LogP contribution in [0.5, 0.6) is 0 Å². The first-order valence-corrected chi connectivity index (χ1v) is 9.75. The van der Waals surface area contributed by atoms with Gasteiger partial charge < -0.3 is 20.5 Å². The van der Waals surface area contributed by atoms with E-state index in [1.54, 1.807) is 19.2 Å². The zero-order valence-electron chi connectivity index (χ0n) is 15.9. The molecule has 0 saturated carbocycles. The molecule has 28 heavy (non-hydrogen) atoms. The molecule has 2 aromatic rings. The molecular formula is C19H25ClN6O2. The van der Waals surface area contributed by atoms with Gasteiger partial charge in [-0.05, 0) is 43.0 Å². The van der Waals surface area contributed by atoms with Crippen LogP contribution in [0.15, 0.2) is 33.8 Å². The van der Waals surface area contributed by atoms with Crippen LogP contribution >= 0.6 is 11.6 Å². The van der Waals surface area contributed by atoms with Gasteiger partial charge in [0, 0.05) is 50.1 Å². The molecule has 0 spiro atoms. The number of rotatable bonds is 6. The normalized spacial score (nSPS) is 17.6. The number of carbonyl (C=O) groups excluding carboxylic acids is 1. The van der Waals surface area contributed by atoms with Gasteiger partial charge in [0.2, 0.25) is 17.6 Å². The Kier molecular flexibility index (Phi) is 6.86. The lowest BCUT2D eigenvalue weighted by atomic mass is 9.95. The number of hydrogen-bond donors (Lipinski definition) is 2. The van der Waals surface area contributed by atoms with E-state index in [2.05, 4.69) is 25.3 Å². The summed E-state index contributed by atoms with van der Waals surface area (Å²) in [6, 6.07) is 7.30. The summed E-state index contributed by atoms with van der Waals surface area (Å²) in [7, 11) is 1.76. The number of piperidine rings is 1. The number of guanidine groups is 1. The molecule has 1 aromatic heterocycles. The van der Waals surface area contributed by atoms with E-state index in [0.717, 1.165) is 37.5 Å². The third-order valence-corrected chi connectivity index (χ3v) is 4.96. The number of likely N-dealkylation sites (tertiary alicyclic amines) is 1. The second-order valence-electron chi connectivity index (χ2n) is 6.87. The molecule has 0 radical (unpaired) electrons. The van der Waals surface area contributed by atoms with Crippen LogP contribution in [-0.4, -0.2) is 53.6 Å². The Hall–Kier alpha value is -2.61. The number of nitrogens with zero attached hydrogens (tertiary/aromatic N) is 4. The number of halogens is 1. The first kappa shape index (κ1) is 20.1. The fourth-order valence-electron chi connectivity index (χ4n) is 3.39. The zero-order chi connectivity index (χ0) is 19.9. The molecule has 1 unspecified atom stereocenters. The van der Waals surface area contributed by atoms with Crippen molar-refractivity contribution in [1.29, 1.82) is 0 Å². The van der Waals surface area contributed by atoms with Gasteiger partial charge in [0.15, 0.2) is 5.96 Å². The Morgan fingerprint density at radius 1 is 1.43 bits per heavy atom. The highest BCUT2D eigenvalue weighted by molar-refractivity contribution is 6.30. The Morgan fingerprint density at radius 2 is 2.21 bits per heavy atom. The highest BCUT2D eigenvalue weighted by Gasteiger charge is 2.23. The van der Waals surface area contributed by atoms with Crippen LogP contribution in [0.3, 0.4) is 0 Å². The summed E-state index contributed by atoms with van der Waals surface area (Å²) in [5.41, 5.74) is 6.20. The van der Waals surface area contributed by atoms with Crippen LogP contribution in [-0.2, 0) is 11.2 Å². The lowest BCUT2D eigenvalue weighted by molar-refractivity contribution is -0.119. The van der Waals surface area contributed by atoms with E-state index >= 15 is 0 Å². The van der Waals surface area contributed by atoms with Gasteiger partial charge in [-0.1, -0.05) is 16.8 Å². The molecule has 150 valence electrons. The van der Waals surface area contributed by atoms with Crippen LogP contribution in [0, 0.1) is 5.92 Å². The maximum Gasteiger partial charge on any atom is 0.228 e. The average molecular weight is 405 g/mol. The van der Waals surface area contributed by atoms with E-state index in [-0.39, 0.29) is 11.8 Å². The van der Waals surface area contributed by atoms with Gasteiger partial charge in [0.05, 0.1) is 0 Å². The Bertz CT molecular complexity index is 820. The zero-order valence-corrected chi connectivity index (χ0v) is 16.7. The van der Waals surface area contributed by atoms with E-state index in [1.807, 2.05) is 12.1 Å². The predicted molar refractivity (Wildman–Crippen MR) is 108 cm³/mol. The smallest absolute Gasteiger partial charge is 0.228 e. The SMILES string of the molecule is CN=C(NCCc1nc(-c2ccc(Cl)cc2)no1)N1CCCC(CC(N)=O)C1. The van der Waals surface area contributed by atoms with Crippen molar-refractivity contribution >= 4 is 23.5 Å². The van der Waals surface area contributed by atoms with E-state index < -0.39 is 0 Å². The Morgan fingerprint density at radius 3 is 2.93 bits per heavy atom. The molecule has 1 saturated heterocycles. The van der Waals surface area contributed by atoms with E-state index in [1.165, 1.54) is 0 Å². The maximum absolute atomic E-state index is 11.2. The highest BCUT2D eigenvalue weighted by atomic mass is 35.5. The van der Waals surface area contributed by atoms with E-state index in [0.29, 0.717) is 36.1 Å². The molecule has 0 bridgehead atoms. The summed E-state index contributed by atoms with van der Waals surface area (Å²) in [4.78, 5) is 22.1. The number of nitrogens with one attached hydrogen (secondary N) is 1. The predicted octanol–water partition coefficient (Wildman–Crippen LogP) is 2.10. The minimum Gasteiger partial charge on any atom is -0.370 e. The van der Waals surface area contributed by atoms with Crippen molar-refractivity contribution in [2.75, 3.05) is 26.7 Å². The standard InChI is InChI=1S/C19H25ClN6O2/c1-22-19(26-10-2-3-13(12-26)11-16(21)27)23-9-8-17-24-18(25-28-17)14-4-6-15(20)7-5-14/h4-7,13H,2-3,8-12H2,1H3,(H2,21,27)(H,22,23). The number of hydrogen-bond acceptors (Lipinski definition) is 5. The quantitative estimate of drug-likeness (QED) is 0.563. The minimum atomic E-state index is -0.248. The second-order valence-corrected chi connectivity index (χ2v) is 7.30. The molecule has 1 amide bonds. The minimum absolute atomic E-state index is 0.248. The molecule has 0 aliphatic carbocycles. The second kappa shape index (κ2) is 9.54. The van der Waals surface area contributed by atoms with E-state index in [4.69, 9.17) is 21.9 Å². The number of aromatic nitrogens is 2. The number of nitrogens with two attached hydrogens (primary N) is 1. The summed E-state index contributed by atoms with van der Waals surface area (Å²) in [6.07, 6.45) is 3.04. The molecule has 2 heterocycles. The Labute approximate surface area is 169 Å². The van der Waals surface area contributed by atoms with Gasteiger partial charge in [0.1, 0.15) is 0 Å². The van der Waals surface area contributed by atoms with Crippen molar-refractivity contribution in [1.82, 2.24) is 20.4 Å². The first-order chi connectivity index (χ1) is 13.5. The third kappa shape index (κ3) is 5.45. The lowest BCUT2D eigenvalue weighted by Gasteiger charge is -2.34. The fraction of sp³-hybridized carbons (Fsp3) is 0.474. The van der Waals surface area contributed by atoms with Crippen molar-refractivity contribution in [3.8, 4) is 11.4 Å². The summed E-state index contributed by atoms with van der Waals surface area (Å²) >= 11 is 5.90. The van der Waals surface area contributed by atoms with Crippen molar-refractivity contribution in [2.45, 2.75) is 25.7 Å². The first-order valence-electron chi connectivity index (χ1n) is 9.37. The van der Waals surface area contributed by atoms with Gasteiger partial charge >= 0.3 is 0 Å². The fourth-order valence-corrected chi connectivity index (χ4v) is 3.52. The monoisotopic (exact) mass is 404 g/mol.